The van der Waals surface area contributed by atoms with E-state index in [1.165, 1.54) is 0 Å². The third-order valence-electron chi connectivity index (χ3n) is 2.22. The summed E-state index contributed by atoms with van der Waals surface area (Å²) in [4.78, 5) is 4.25. The summed E-state index contributed by atoms with van der Waals surface area (Å²) in [6, 6.07) is 0. The monoisotopic (exact) mass is 185 g/mol. The van der Waals surface area contributed by atoms with Crippen LogP contribution in [0.3, 0.4) is 0 Å². The first-order chi connectivity index (χ1) is 5.52. The van der Waals surface area contributed by atoms with Gasteiger partial charge in [-0.1, -0.05) is 20.8 Å². The number of hydrogen-bond acceptors (Lipinski definition) is 2. The normalized spacial score (nSPS) is 13.8. The van der Waals surface area contributed by atoms with Crippen molar-refractivity contribution in [2.24, 2.45) is 13.0 Å². The Labute approximate surface area is 77.8 Å². The maximum absolute atomic E-state index is 5.00. The number of aromatic nitrogens is 3. The van der Waals surface area contributed by atoms with Crippen LogP contribution in [0.4, 0.5) is 0 Å². The molecule has 1 N–H and O–H groups in total. The molecule has 3 nitrogen and oxygen atoms in total. The largest absolute Gasteiger partial charge is 0.283 e. The molecule has 0 aliphatic rings. The van der Waals surface area contributed by atoms with Crippen molar-refractivity contribution in [2.45, 2.75) is 26.7 Å². The van der Waals surface area contributed by atoms with Gasteiger partial charge in [0.25, 0.3) is 0 Å². The van der Waals surface area contributed by atoms with Gasteiger partial charge in [0, 0.05) is 13.0 Å². The molecule has 1 aromatic rings. The smallest absolute Gasteiger partial charge is 0.215 e. The summed E-state index contributed by atoms with van der Waals surface area (Å²) in [6.07, 6.45) is 0. The molecule has 1 aromatic heterocycles. The van der Waals surface area contributed by atoms with E-state index in [-0.39, 0.29) is 0 Å². The van der Waals surface area contributed by atoms with Gasteiger partial charge in [0.15, 0.2) is 0 Å². The van der Waals surface area contributed by atoms with Crippen LogP contribution in [0.15, 0.2) is 0 Å². The zero-order chi connectivity index (χ0) is 9.30. The molecule has 0 bridgehead atoms. The first-order valence-electron chi connectivity index (χ1n) is 4.15. The second-order valence-electron chi connectivity index (χ2n) is 3.48. The zero-order valence-electron chi connectivity index (χ0n) is 7.96. The third kappa shape index (κ3) is 1.75. The molecule has 0 amide bonds. The van der Waals surface area contributed by atoms with Crippen LogP contribution in [0, 0.1) is 10.7 Å². The molecule has 12 heavy (non-hydrogen) atoms. The Morgan fingerprint density at radius 1 is 1.42 bits per heavy atom. The van der Waals surface area contributed by atoms with E-state index in [1.807, 2.05) is 7.05 Å². The number of aromatic amines is 1. The highest BCUT2D eigenvalue weighted by Crippen LogP contribution is 2.19. The Kier molecular flexibility index (Phi) is 2.67. The average Bonchev–Trinajstić information content (AvgIpc) is 2.30. The van der Waals surface area contributed by atoms with Crippen molar-refractivity contribution in [3.05, 3.63) is 10.6 Å². The lowest BCUT2D eigenvalue weighted by Crippen LogP contribution is -2.04. The highest BCUT2D eigenvalue weighted by atomic mass is 32.1. The molecule has 0 aliphatic carbocycles. The lowest BCUT2D eigenvalue weighted by Gasteiger charge is -2.11. The number of nitrogens with one attached hydrogen (secondary N) is 1. The predicted octanol–water partition coefficient (Wildman–Crippen LogP) is 2.24. The summed E-state index contributed by atoms with van der Waals surface area (Å²) >= 11 is 5.00. The number of hydrogen-bond donors (Lipinski definition) is 1. The van der Waals surface area contributed by atoms with Crippen LogP contribution < -0.4 is 0 Å². The van der Waals surface area contributed by atoms with E-state index < -0.39 is 0 Å². The van der Waals surface area contributed by atoms with Gasteiger partial charge >= 0.3 is 0 Å². The van der Waals surface area contributed by atoms with Gasteiger partial charge in [0.05, 0.1) is 0 Å². The molecule has 0 saturated carbocycles. The molecule has 0 fully saturated rings. The van der Waals surface area contributed by atoms with E-state index in [2.05, 4.69) is 30.9 Å². The highest BCUT2D eigenvalue weighted by Gasteiger charge is 2.13. The van der Waals surface area contributed by atoms with Crippen LogP contribution in [0.1, 0.15) is 32.5 Å². The van der Waals surface area contributed by atoms with E-state index >= 15 is 0 Å². The molecule has 0 spiro atoms. The molecular weight excluding hydrogens is 170 g/mol. The Morgan fingerprint density at radius 2 is 2.00 bits per heavy atom. The second-order valence-corrected chi connectivity index (χ2v) is 3.85. The topological polar surface area (TPSA) is 33.6 Å². The molecule has 0 aromatic carbocycles. The zero-order valence-corrected chi connectivity index (χ0v) is 8.77. The molecule has 1 unspecified atom stereocenters. The average molecular weight is 185 g/mol. The molecule has 1 rings (SSSR count). The summed E-state index contributed by atoms with van der Waals surface area (Å²) in [6.45, 7) is 6.50. The second kappa shape index (κ2) is 3.39. The quantitative estimate of drug-likeness (QED) is 0.717. The molecular formula is C8H15N3S. The summed E-state index contributed by atoms with van der Waals surface area (Å²) in [5, 5.41) is 3.13. The highest BCUT2D eigenvalue weighted by molar-refractivity contribution is 7.71. The molecule has 0 radical (unpaired) electrons. The van der Waals surface area contributed by atoms with E-state index in [4.69, 9.17) is 12.2 Å². The van der Waals surface area contributed by atoms with Crippen molar-refractivity contribution in [1.29, 1.82) is 0 Å². The van der Waals surface area contributed by atoms with E-state index in [1.54, 1.807) is 4.68 Å². The lowest BCUT2D eigenvalue weighted by molar-refractivity contribution is 0.507. The number of H-pyrrole nitrogens is 1. The van der Waals surface area contributed by atoms with Gasteiger partial charge in [-0.3, -0.25) is 9.78 Å². The SMILES string of the molecule is CC(C)C(C)c1nc(=S)n(C)[nH]1. The van der Waals surface area contributed by atoms with Crippen molar-refractivity contribution < 1.29 is 0 Å². The van der Waals surface area contributed by atoms with Crippen LogP contribution in [0.25, 0.3) is 0 Å². The first kappa shape index (κ1) is 9.45. The number of nitrogens with zero attached hydrogens (tertiary/aromatic N) is 2. The summed E-state index contributed by atoms with van der Waals surface area (Å²) in [5.41, 5.74) is 0. The maximum atomic E-state index is 5.00. The minimum absolute atomic E-state index is 0.438. The van der Waals surface area contributed by atoms with Crippen LogP contribution >= 0.6 is 12.2 Å². The van der Waals surface area contributed by atoms with E-state index in [0.717, 1.165) is 5.82 Å². The number of rotatable bonds is 2. The third-order valence-corrected chi connectivity index (χ3v) is 2.58. The Morgan fingerprint density at radius 3 is 2.33 bits per heavy atom. The summed E-state index contributed by atoms with van der Waals surface area (Å²) in [5.74, 6) is 2.01. The molecule has 68 valence electrons. The standard InChI is InChI=1S/C8H15N3S/c1-5(2)6(3)7-9-8(12)11(4)10-7/h5-6H,1-4H3,(H,9,10,12). The summed E-state index contributed by atoms with van der Waals surface area (Å²) in [7, 11) is 1.88. The fourth-order valence-corrected chi connectivity index (χ4v) is 1.09. The molecule has 1 heterocycles. The maximum Gasteiger partial charge on any atom is 0.215 e. The van der Waals surface area contributed by atoms with Gasteiger partial charge in [0.2, 0.25) is 4.77 Å². The van der Waals surface area contributed by atoms with Crippen molar-refractivity contribution in [3.8, 4) is 0 Å². The Bertz CT molecular complexity index is 310. The van der Waals surface area contributed by atoms with Crippen LogP contribution in [-0.2, 0) is 7.05 Å². The van der Waals surface area contributed by atoms with Crippen LogP contribution in [0.2, 0.25) is 0 Å². The summed E-state index contributed by atoms with van der Waals surface area (Å²) < 4.78 is 2.39. The molecule has 4 heteroatoms. The predicted molar refractivity (Wildman–Crippen MR) is 51.6 cm³/mol. The van der Waals surface area contributed by atoms with E-state index in [0.29, 0.717) is 16.6 Å². The minimum atomic E-state index is 0.438. The minimum Gasteiger partial charge on any atom is -0.283 e. The van der Waals surface area contributed by atoms with Gasteiger partial charge in [-0.25, -0.2) is 4.98 Å². The van der Waals surface area contributed by atoms with Gasteiger partial charge in [-0.15, -0.1) is 0 Å². The van der Waals surface area contributed by atoms with Crippen molar-refractivity contribution in [3.63, 3.8) is 0 Å². The van der Waals surface area contributed by atoms with Crippen molar-refractivity contribution >= 4 is 12.2 Å². The van der Waals surface area contributed by atoms with Gasteiger partial charge in [-0.2, -0.15) is 0 Å². The van der Waals surface area contributed by atoms with Crippen molar-refractivity contribution in [2.75, 3.05) is 0 Å². The Balaban J connectivity index is 2.96. The molecule has 1 atom stereocenters. The number of aryl methyl sites for hydroxylation is 1. The van der Waals surface area contributed by atoms with Crippen LogP contribution in [-0.4, -0.2) is 14.8 Å². The van der Waals surface area contributed by atoms with Crippen molar-refractivity contribution in [1.82, 2.24) is 14.8 Å². The Hall–Kier alpha value is -0.640. The lowest BCUT2D eigenvalue weighted by atomic mass is 9.98. The van der Waals surface area contributed by atoms with Crippen LogP contribution in [0.5, 0.6) is 0 Å². The molecule has 0 aliphatic heterocycles. The van der Waals surface area contributed by atoms with E-state index in [9.17, 15) is 0 Å². The van der Waals surface area contributed by atoms with Gasteiger partial charge < -0.3 is 0 Å². The first-order valence-corrected chi connectivity index (χ1v) is 4.56. The van der Waals surface area contributed by atoms with Gasteiger partial charge in [0.1, 0.15) is 5.82 Å². The fraction of sp³-hybridized carbons (Fsp3) is 0.750. The fourth-order valence-electron chi connectivity index (χ4n) is 0.942. The molecule has 0 saturated heterocycles. The van der Waals surface area contributed by atoms with Gasteiger partial charge in [-0.05, 0) is 18.1 Å².